The lowest BCUT2D eigenvalue weighted by molar-refractivity contribution is -0.137. The number of hydrogen-bond acceptors (Lipinski definition) is 2. The highest BCUT2D eigenvalue weighted by Crippen LogP contribution is 2.23. The molecule has 3 N–H and O–H groups in total. The molecule has 0 fully saturated rings. The van der Waals surface area contributed by atoms with Crippen molar-refractivity contribution in [2.45, 2.75) is 12.5 Å². The van der Waals surface area contributed by atoms with E-state index < -0.39 is 12.0 Å². The third-order valence-corrected chi connectivity index (χ3v) is 4.09. The van der Waals surface area contributed by atoms with Gasteiger partial charge in [-0.15, -0.1) is 0 Å². The lowest BCUT2D eigenvalue weighted by Gasteiger charge is -2.10. The van der Waals surface area contributed by atoms with Crippen LogP contribution in [-0.2, 0) is 4.79 Å². The number of carboxylic acids is 1. The van der Waals surface area contributed by atoms with Crippen molar-refractivity contribution in [1.29, 1.82) is 0 Å². The minimum Gasteiger partial charge on any atom is -0.481 e. The van der Waals surface area contributed by atoms with Gasteiger partial charge in [0.15, 0.2) is 0 Å². The van der Waals surface area contributed by atoms with Gasteiger partial charge >= 0.3 is 5.97 Å². The molecule has 0 amide bonds. The zero-order valence-corrected chi connectivity index (χ0v) is 10.9. The maximum absolute atomic E-state index is 10.4. The molecule has 1 atom stereocenters. The molecule has 0 spiro atoms. The number of aliphatic carboxylic acids is 1. The molecule has 3 nitrogen and oxygen atoms in total. The second kappa shape index (κ2) is 5.09. The van der Waals surface area contributed by atoms with Gasteiger partial charge in [0.2, 0.25) is 0 Å². The molecular formula is C9H9BrINO2. The van der Waals surface area contributed by atoms with E-state index in [-0.39, 0.29) is 6.42 Å². The number of nitrogens with two attached hydrogens (primary N) is 1. The summed E-state index contributed by atoms with van der Waals surface area (Å²) < 4.78 is 2.02. The predicted octanol–water partition coefficient (Wildman–Crippen LogP) is 2.53. The molecule has 0 radical (unpaired) electrons. The topological polar surface area (TPSA) is 63.3 Å². The zero-order valence-electron chi connectivity index (χ0n) is 7.21. The van der Waals surface area contributed by atoms with E-state index in [1.165, 1.54) is 0 Å². The van der Waals surface area contributed by atoms with Crippen molar-refractivity contribution in [3.8, 4) is 0 Å². The fourth-order valence-corrected chi connectivity index (χ4v) is 1.83. The maximum atomic E-state index is 10.4. The van der Waals surface area contributed by atoms with Crippen LogP contribution in [0.5, 0.6) is 0 Å². The molecule has 0 aromatic heterocycles. The Bertz CT molecular complexity index is 357. The molecule has 0 aliphatic heterocycles. The predicted molar refractivity (Wildman–Crippen MR) is 66.0 cm³/mol. The Morgan fingerprint density at radius 2 is 2.29 bits per heavy atom. The fraction of sp³-hybridized carbons (Fsp3) is 0.222. The molecule has 0 aliphatic carbocycles. The third-order valence-electron chi connectivity index (χ3n) is 1.77. The Labute approximate surface area is 104 Å². The Morgan fingerprint density at radius 1 is 1.64 bits per heavy atom. The van der Waals surface area contributed by atoms with Crippen LogP contribution in [0.1, 0.15) is 18.0 Å². The SMILES string of the molecule is N[C@H](CC(=O)O)c1ccc(Br)c(I)c1. The number of benzene rings is 1. The van der Waals surface area contributed by atoms with Crippen LogP contribution in [0.25, 0.3) is 0 Å². The Hall–Kier alpha value is -0.140. The quantitative estimate of drug-likeness (QED) is 0.805. The average molecular weight is 370 g/mol. The first-order chi connectivity index (χ1) is 6.50. The van der Waals surface area contributed by atoms with Crippen molar-refractivity contribution < 1.29 is 9.90 Å². The smallest absolute Gasteiger partial charge is 0.305 e. The average Bonchev–Trinajstić information content (AvgIpc) is 2.08. The molecular weight excluding hydrogens is 361 g/mol. The summed E-state index contributed by atoms with van der Waals surface area (Å²) in [6, 6.07) is 5.16. The van der Waals surface area contributed by atoms with Crippen LogP contribution in [0, 0.1) is 3.57 Å². The van der Waals surface area contributed by atoms with E-state index in [2.05, 4.69) is 38.5 Å². The van der Waals surface area contributed by atoms with Gasteiger partial charge in [-0.3, -0.25) is 4.79 Å². The number of carbonyl (C=O) groups is 1. The molecule has 0 saturated carbocycles. The first-order valence-corrected chi connectivity index (χ1v) is 5.80. The van der Waals surface area contributed by atoms with Crippen LogP contribution in [0.15, 0.2) is 22.7 Å². The molecule has 1 aromatic carbocycles. The van der Waals surface area contributed by atoms with Gasteiger partial charge in [-0.1, -0.05) is 6.07 Å². The number of rotatable bonds is 3. The summed E-state index contributed by atoms with van der Waals surface area (Å²) >= 11 is 5.53. The van der Waals surface area contributed by atoms with Crippen molar-refractivity contribution in [3.63, 3.8) is 0 Å². The van der Waals surface area contributed by atoms with Gasteiger partial charge in [0.25, 0.3) is 0 Å². The highest BCUT2D eigenvalue weighted by atomic mass is 127. The molecule has 0 heterocycles. The number of halogens is 2. The van der Waals surface area contributed by atoms with E-state index in [1.54, 1.807) is 0 Å². The van der Waals surface area contributed by atoms with Crippen LogP contribution < -0.4 is 5.73 Å². The Balaban J connectivity index is 2.85. The van der Waals surface area contributed by atoms with Crippen molar-refractivity contribution >= 4 is 44.5 Å². The minimum atomic E-state index is -0.879. The highest BCUT2D eigenvalue weighted by molar-refractivity contribution is 14.1. The third kappa shape index (κ3) is 3.21. The fourth-order valence-electron chi connectivity index (χ4n) is 1.05. The van der Waals surface area contributed by atoms with E-state index in [0.29, 0.717) is 0 Å². The zero-order chi connectivity index (χ0) is 10.7. The van der Waals surface area contributed by atoms with Gasteiger partial charge < -0.3 is 10.8 Å². The Kier molecular flexibility index (Phi) is 4.33. The molecule has 14 heavy (non-hydrogen) atoms. The van der Waals surface area contributed by atoms with Crippen molar-refractivity contribution in [1.82, 2.24) is 0 Å². The van der Waals surface area contributed by atoms with Gasteiger partial charge in [-0.2, -0.15) is 0 Å². The second-order valence-corrected chi connectivity index (χ2v) is 4.89. The lowest BCUT2D eigenvalue weighted by Crippen LogP contribution is -2.15. The summed E-state index contributed by atoms with van der Waals surface area (Å²) in [6.07, 6.45) is -0.0439. The molecule has 1 rings (SSSR count). The molecule has 76 valence electrons. The van der Waals surface area contributed by atoms with Crippen LogP contribution in [-0.4, -0.2) is 11.1 Å². The normalized spacial score (nSPS) is 12.5. The van der Waals surface area contributed by atoms with Gasteiger partial charge in [0, 0.05) is 14.1 Å². The largest absolute Gasteiger partial charge is 0.481 e. The van der Waals surface area contributed by atoms with Gasteiger partial charge in [0.05, 0.1) is 6.42 Å². The van der Waals surface area contributed by atoms with E-state index in [4.69, 9.17) is 10.8 Å². The summed E-state index contributed by atoms with van der Waals surface area (Å²) in [5.41, 5.74) is 6.56. The highest BCUT2D eigenvalue weighted by Gasteiger charge is 2.11. The summed E-state index contributed by atoms with van der Waals surface area (Å²) in [7, 11) is 0. The summed E-state index contributed by atoms with van der Waals surface area (Å²) in [5.74, 6) is -0.879. The van der Waals surface area contributed by atoms with Gasteiger partial charge in [0.1, 0.15) is 0 Å². The van der Waals surface area contributed by atoms with E-state index in [1.807, 2.05) is 18.2 Å². The van der Waals surface area contributed by atoms with E-state index in [9.17, 15) is 4.79 Å². The summed E-state index contributed by atoms with van der Waals surface area (Å²) in [4.78, 5) is 10.4. The first-order valence-electron chi connectivity index (χ1n) is 3.93. The van der Waals surface area contributed by atoms with E-state index >= 15 is 0 Å². The first kappa shape index (κ1) is 11.9. The van der Waals surface area contributed by atoms with Crippen LogP contribution in [0.4, 0.5) is 0 Å². The van der Waals surface area contributed by atoms with Crippen LogP contribution in [0.2, 0.25) is 0 Å². The maximum Gasteiger partial charge on any atom is 0.305 e. The molecule has 0 bridgehead atoms. The van der Waals surface area contributed by atoms with Gasteiger partial charge in [-0.25, -0.2) is 0 Å². The molecule has 0 aliphatic rings. The number of hydrogen-bond donors (Lipinski definition) is 2. The Morgan fingerprint density at radius 3 is 2.79 bits per heavy atom. The van der Waals surface area contributed by atoms with Crippen molar-refractivity contribution in [2.75, 3.05) is 0 Å². The van der Waals surface area contributed by atoms with E-state index in [0.717, 1.165) is 13.6 Å². The molecule has 0 unspecified atom stereocenters. The standard InChI is InChI=1S/C9H9BrINO2/c10-6-2-1-5(3-7(6)11)8(12)4-9(13)14/h1-3,8H,4,12H2,(H,13,14)/t8-/m1/s1. The van der Waals surface area contributed by atoms with Gasteiger partial charge in [-0.05, 0) is 56.2 Å². The van der Waals surface area contributed by atoms with Crippen LogP contribution in [0.3, 0.4) is 0 Å². The second-order valence-electron chi connectivity index (χ2n) is 2.88. The number of carboxylic acid groups (broad SMARTS) is 1. The molecule has 5 heteroatoms. The van der Waals surface area contributed by atoms with Crippen molar-refractivity contribution in [2.24, 2.45) is 5.73 Å². The minimum absolute atomic E-state index is 0.0439. The monoisotopic (exact) mass is 369 g/mol. The molecule has 0 saturated heterocycles. The molecule has 1 aromatic rings. The summed E-state index contributed by atoms with van der Waals surface area (Å²) in [6.45, 7) is 0. The van der Waals surface area contributed by atoms with Crippen LogP contribution >= 0.6 is 38.5 Å². The summed E-state index contributed by atoms with van der Waals surface area (Å²) in [5, 5.41) is 8.58. The lowest BCUT2D eigenvalue weighted by atomic mass is 10.1. The van der Waals surface area contributed by atoms with Crippen molar-refractivity contribution in [3.05, 3.63) is 31.8 Å².